The maximum atomic E-state index is 13.5. The minimum atomic E-state index is -3.94. The summed E-state index contributed by atoms with van der Waals surface area (Å²) in [6.45, 7) is 0.286. The lowest BCUT2D eigenvalue weighted by Gasteiger charge is -2.25. The van der Waals surface area contributed by atoms with Crippen LogP contribution in [-0.4, -0.2) is 47.4 Å². The van der Waals surface area contributed by atoms with Crippen molar-refractivity contribution < 1.29 is 22.6 Å². The van der Waals surface area contributed by atoms with E-state index in [1.807, 2.05) is 36.0 Å². The highest BCUT2D eigenvalue weighted by molar-refractivity contribution is 7.92. The monoisotopic (exact) mass is 455 g/mol. The lowest BCUT2D eigenvalue weighted by Crippen LogP contribution is -2.35. The van der Waals surface area contributed by atoms with Crippen LogP contribution in [-0.2, 0) is 17.1 Å². The van der Waals surface area contributed by atoms with Crippen molar-refractivity contribution in [3.63, 3.8) is 0 Å². The number of rotatable bonds is 8. The molecule has 0 fully saturated rings. The molecule has 1 aromatic heterocycles. The Morgan fingerprint density at radius 1 is 1.00 bits per heavy atom. The number of benzene rings is 2. The topological polar surface area (TPSA) is 96.0 Å². The number of hydrogen-bond donors (Lipinski definition) is 1. The van der Waals surface area contributed by atoms with Crippen LogP contribution in [0.15, 0.2) is 47.5 Å². The van der Waals surface area contributed by atoms with Gasteiger partial charge in [-0.15, -0.1) is 12.4 Å². The number of hydrogen-bond acceptors (Lipinski definition) is 6. The number of anilines is 1. The third-order valence-corrected chi connectivity index (χ3v) is 6.52. The smallest absolute Gasteiger partial charge is 0.264 e. The Labute approximate surface area is 182 Å². The molecule has 1 heterocycles. The van der Waals surface area contributed by atoms with Crippen molar-refractivity contribution in [2.75, 3.05) is 38.7 Å². The van der Waals surface area contributed by atoms with Crippen molar-refractivity contribution in [1.82, 2.24) is 4.57 Å². The number of halogens is 1. The van der Waals surface area contributed by atoms with Gasteiger partial charge in [-0.05, 0) is 24.3 Å². The van der Waals surface area contributed by atoms with Crippen LogP contribution in [0.4, 0.5) is 5.69 Å². The first-order valence-electron chi connectivity index (χ1n) is 8.95. The quantitative estimate of drug-likeness (QED) is 0.561. The van der Waals surface area contributed by atoms with Gasteiger partial charge in [0.2, 0.25) is 5.75 Å². The average Bonchev–Trinajstić information content (AvgIpc) is 3.10. The molecule has 2 N–H and O–H groups in total. The minimum absolute atomic E-state index is 0. The van der Waals surface area contributed by atoms with Crippen LogP contribution in [0.1, 0.15) is 0 Å². The summed E-state index contributed by atoms with van der Waals surface area (Å²) in [6, 6.07) is 10.3. The van der Waals surface area contributed by atoms with Crippen molar-refractivity contribution in [3.8, 4) is 17.2 Å². The molecule has 0 aliphatic carbocycles. The predicted molar refractivity (Wildman–Crippen MR) is 120 cm³/mol. The Balaban J connectivity index is 0.00000320. The van der Waals surface area contributed by atoms with Crippen LogP contribution in [0.3, 0.4) is 0 Å². The molecule has 0 aliphatic heterocycles. The number of nitrogens with zero attached hydrogens (tertiary/aromatic N) is 2. The molecule has 30 heavy (non-hydrogen) atoms. The standard InChI is InChI=1S/C20H25N3O5S.ClH/c1-22-9-7-14-11-15(5-6-17(14)22)23(10-8-21)29(24,25)16-12-18(26-2)20(28-4)19(13-16)27-3;/h5-7,9,11-13H,8,10,21H2,1-4H3;1H. The summed E-state index contributed by atoms with van der Waals surface area (Å²) in [6.07, 6.45) is 1.93. The number of methoxy groups -OCH3 is 3. The van der Waals surface area contributed by atoms with Gasteiger partial charge in [-0.3, -0.25) is 4.31 Å². The van der Waals surface area contributed by atoms with E-state index in [0.717, 1.165) is 10.9 Å². The molecule has 0 spiro atoms. The summed E-state index contributed by atoms with van der Waals surface area (Å²) in [5.41, 5.74) is 7.27. The van der Waals surface area contributed by atoms with Gasteiger partial charge in [0.15, 0.2) is 11.5 Å². The summed E-state index contributed by atoms with van der Waals surface area (Å²) < 4.78 is 46.2. The molecule has 0 saturated carbocycles. The predicted octanol–water partition coefficient (Wildman–Crippen LogP) is 2.78. The number of ether oxygens (including phenoxy) is 3. The highest BCUT2D eigenvalue weighted by Crippen LogP contribution is 2.40. The second-order valence-electron chi connectivity index (χ2n) is 6.40. The molecule has 2 aromatic carbocycles. The molecule has 0 amide bonds. The SMILES string of the molecule is COc1cc(S(=O)(=O)N(CCN)c2ccc3c(ccn3C)c2)cc(OC)c1OC.Cl. The van der Waals surface area contributed by atoms with Crippen LogP contribution < -0.4 is 24.2 Å². The van der Waals surface area contributed by atoms with Gasteiger partial charge in [0.05, 0.1) is 31.9 Å². The van der Waals surface area contributed by atoms with E-state index in [0.29, 0.717) is 11.4 Å². The van der Waals surface area contributed by atoms with E-state index in [-0.39, 0.29) is 41.9 Å². The van der Waals surface area contributed by atoms with Crippen molar-refractivity contribution in [2.24, 2.45) is 12.8 Å². The van der Waals surface area contributed by atoms with E-state index in [4.69, 9.17) is 19.9 Å². The number of nitrogens with two attached hydrogens (primary N) is 1. The second kappa shape index (κ2) is 9.46. The molecule has 10 heteroatoms. The van der Waals surface area contributed by atoms with Crippen molar-refractivity contribution in [3.05, 3.63) is 42.6 Å². The molecule has 0 aliphatic rings. The number of fused-ring (bicyclic) bond motifs is 1. The van der Waals surface area contributed by atoms with E-state index in [9.17, 15) is 8.42 Å². The van der Waals surface area contributed by atoms with Crippen LogP contribution in [0.25, 0.3) is 10.9 Å². The zero-order valence-electron chi connectivity index (χ0n) is 17.3. The van der Waals surface area contributed by atoms with E-state index < -0.39 is 10.0 Å². The molecule has 0 saturated heterocycles. The van der Waals surface area contributed by atoms with Gasteiger partial charge in [-0.25, -0.2) is 8.42 Å². The maximum Gasteiger partial charge on any atom is 0.264 e. The zero-order chi connectivity index (χ0) is 21.2. The Morgan fingerprint density at radius 2 is 1.63 bits per heavy atom. The molecule has 0 radical (unpaired) electrons. The van der Waals surface area contributed by atoms with E-state index in [1.54, 1.807) is 6.07 Å². The van der Waals surface area contributed by atoms with Gasteiger partial charge in [-0.1, -0.05) is 0 Å². The van der Waals surface area contributed by atoms with Gasteiger partial charge < -0.3 is 24.5 Å². The third kappa shape index (κ3) is 4.14. The Hall–Kier alpha value is -2.62. The van der Waals surface area contributed by atoms with Crippen LogP contribution in [0.2, 0.25) is 0 Å². The molecule has 3 aromatic rings. The summed E-state index contributed by atoms with van der Waals surface area (Å²) in [5, 5.41) is 0.937. The summed E-state index contributed by atoms with van der Waals surface area (Å²) in [4.78, 5) is 0.0219. The van der Waals surface area contributed by atoms with Gasteiger partial charge in [0.25, 0.3) is 10.0 Å². The fourth-order valence-electron chi connectivity index (χ4n) is 3.26. The number of sulfonamides is 1. The Bertz CT molecular complexity index is 1110. The highest BCUT2D eigenvalue weighted by atomic mass is 35.5. The molecule has 0 unspecified atom stereocenters. The first kappa shape index (κ1) is 23.7. The van der Waals surface area contributed by atoms with Crippen molar-refractivity contribution in [2.45, 2.75) is 4.90 Å². The van der Waals surface area contributed by atoms with Gasteiger partial charge >= 0.3 is 0 Å². The third-order valence-electron chi connectivity index (χ3n) is 4.72. The van der Waals surface area contributed by atoms with Crippen LogP contribution in [0, 0.1) is 0 Å². The zero-order valence-corrected chi connectivity index (χ0v) is 18.9. The van der Waals surface area contributed by atoms with Crippen molar-refractivity contribution >= 4 is 39.0 Å². The molecule has 164 valence electrons. The van der Waals surface area contributed by atoms with E-state index in [2.05, 4.69) is 0 Å². The maximum absolute atomic E-state index is 13.5. The van der Waals surface area contributed by atoms with Crippen molar-refractivity contribution in [1.29, 1.82) is 0 Å². The largest absolute Gasteiger partial charge is 0.493 e. The van der Waals surface area contributed by atoms with E-state index in [1.165, 1.54) is 37.8 Å². The normalized spacial score (nSPS) is 11.1. The summed E-state index contributed by atoms with van der Waals surface area (Å²) >= 11 is 0. The molecule has 0 bridgehead atoms. The molecular formula is C20H26ClN3O5S. The van der Waals surface area contributed by atoms with Gasteiger partial charge in [0, 0.05) is 49.4 Å². The highest BCUT2D eigenvalue weighted by Gasteiger charge is 2.28. The van der Waals surface area contributed by atoms with Gasteiger partial charge in [0.1, 0.15) is 0 Å². The average molecular weight is 456 g/mol. The number of aryl methyl sites for hydroxylation is 1. The lowest BCUT2D eigenvalue weighted by molar-refractivity contribution is 0.323. The Morgan fingerprint density at radius 3 is 2.17 bits per heavy atom. The fraction of sp³-hybridized carbons (Fsp3) is 0.300. The van der Waals surface area contributed by atoms with Crippen LogP contribution in [0.5, 0.6) is 17.2 Å². The fourth-order valence-corrected chi connectivity index (χ4v) is 4.77. The Kier molecular flexibility index (Phi) is 7.46. The van der Waals surface area contributed by atoms with E-state index >= 15 is 0 Å². The summed E-state index contributed by atoms with van der Waals surface area (Å²) in [7, 11) is 2.34. The molecule has 8 nitrogen and oxygen atoms in total. The molecule has 3 rings (SSSR count). The number of aromatic nitrogens is 1. The first-order valence-corrected chi connectivity index (χ1v) is 10.4. The minimum Gasteiger partial charge on any atom is -0.493 e. The lowest BCUT2D eigenvalue weighted by atomic mass is 10.2. The van der Waals surface area contributed by atoms with Gasteiger partial charge in [-0.2, -0.15) is 0 Å². The van der Waals surface area contributed by atoms with Crippen LogP contribution >= 0.6 is 12.4 Å². The molecular weight excluding hydrogens is 430 g/mol. The molecule has 0 atom stereocenters. The first-order chi connectivity index (χ1) is 13.9. The second-order valence-corrected chi connectivity index (χ2v) is 8.26. The summed E-state index contributed by atoms with van der Waals surface area (Å²) in [5.74, 6) is 0.846.